The van der Waals surface area contributed by atoms with E-state index in [1.54, 1.807) is 4.90 Å². The minimum Gasteiger partial charge on any atom is -0.481 e. The lowest BCUT2D eigenvalue weighted by Crippen LogP contribution is -2.37. The Kier molecular flexibility index (Phi) is 5.95. The molecule has 120 valence electrons. The minimum atomic E-state index is -0.811. The van der Waals surface area contributed by atoms with Gasteiger partial charge in [0, 0.05) is 25.6 Å². The number of hydrogen-bond donors (Lipinski definition) is 1. The van der Waals surface area contributed by atoms with Crippen molar-refractivity contribution in [1.29, 1.82) is 0 Å². The van der Waals surface area contributed by atoms with Gasteiger partial charge in [0.15, 0.2) is 0 Å². The molecule has 5 nitrogen and oxygen atoms in total. The third-order valence-electron chi connectivity index (χ3n) is 4.18. The fourth-order valence-corrected chi connectivity index (χ4v) is 2.86. The second kappa shape index (κ2) is 7.94. The van der Waals surface area contributed by atoms with Gasteiger partial charge in [-0.1, -0.05) is 30.3 Å². The van der Waals surface area contributed by atoms with Gasteiger partial charge in [-0.15, -0.1) is 0 Å². The highest BCUT2D eigenvalue weighted by Gasteiger charge is 2.37. The summed E-state index contributed by atoms with van der Waals surface area (Å²) < 4.78 is 5.55. The Labute approximate surface area is 130 Å². The Morgan fingerprint density at radius 3 is 2.68 bits per heavy atom. The minimum absolute atomic E-state index is 0.0274. The van der Waals surface area contributed by atoms with Crippen molar-refractivity contribution in [3.63, 3.8) is 0 Å². The van der Waals surface area contributed by atoms with Crippen molar-refractivity contribution in [2.75, 3.05) is 13.2 Å². The molecule has 1 fully saturated rings. The molecule has 2 rings (SSSR count). The second-order valence-corrected chi connectivity index (χ2v) is 5.70. The molecule has 0 bridgehead atoms. The van der Waals surface area contributed by atoms with E-state index in [1.807, 2.05) is 37.3 Å². The van der Waals surface area contributed by atoms with Gasteiger partial charge in [-0.25, -0.2) is 0 Å². The zero-order valence-corrected chi connectivity index (χ0v) is 12.9. The van der Waals surface area contributed by atoms with Gasteiger partial charge in [0.25, 0.3) is 0 Å². The third kappa shape index (κ3) is 4.31. The molecular formula is C17H23NO4. The third-order valence-corrected chi connectivity index (χ3v) is 4.18. The number of carboxylic acids is 1. The highest BCUT2D eigenvalue weighted by atomic mass is 16.5. The summed E-state index contributed by atoms with van der Waals surface area (Å²) >= 11 is 0. The first-order valence-corrected chi connectivity index (χ1v) is 7.73. The van der Waals surface area contributed by atoms with Crippen molar-refractivity contribution in [3.05, 3.63) is 35.9 Å². The van der Waals surface area contributed by atoms with Crippen LogP contribution in [0.1, 0.15) is 31.7 Å². The van der Waals surface area contributed by atoms with Crippen LogP contribution in [0.5, 0.6) is 0 Å². The van der Waals surface area contributed by atoms with Crippen LogP contribution in [0.15, 0.2) is 30.3 Å². The molecule has 0 radical (unpaired) electrons. The van der Waals surface area contributed by atoms with Crippen LogP contribution in [0, 0.1) is 5.92 Å². The molecule has 1 N–H and O–H groups in total. The van der Waals surface area contributed by atoms with E-state index in [2.05, 4.69) is 0 Å². The smallest absolute Gasteiger partial charge is 0.308 e. The average molecular weight is 305 g/mol. The monoisotopic (exact) mass is 305 g/mol. The number of amides is 1. The van der Waals surface area contributed by atoms with Gasteiger partial charge < -0.3 is 14.7 Å². The number of nitrogens with zero attached hydrogens (tertiary/aromatic N) is 1. The number of ether oxygens (including phenoxy) is 1. The summed E-state index contributed by atoms with van der Waals surface area (Å²) in [4.78, 5) is 24.9. The van der Waals surface area contributed by atoms with Gasteiger partial charge in [0.1, 0.15) is 0 Å². The Morgan fingerprint density at radius 1 is 1.32 bits per heavy atom. The summed E-state index contributed by atoms with van der Waals surface area (Å²) in [5.74, 6) is -1.22. The fraction of sp³-hybridized carbons (Fsp3) is 0.529. The van der Waals surface area contributed by atoms with Crippen molar-refractivity contribution in [3.8, 4) is 0 Å². The molecule has 1 saturated heterocycles. The highest BCUT2D eigenvalue weighted by Crippen LogP contribution is 2.25. The first kappa shape index (κ1) is 16.5. The lowest BCUT2D eigenvalue weighted by atomic mass is 10.0. The zero-order chi connectivity index (χ0) is 15.9. The van der Waals surface area contributed by atoms with E-state index < -0.39 is 11.9 Å². The number of carbonyl (C=O) groups excluding carboxylic acids is 1. The van der Waals surface area contributed by atoms with E-state index >= 15 is 0 Å². The number of rotatable bonds is 7. The summed E-state index contributed by atoms with van der Waals surface area (Å²) in [6.07, 6.45) is 1.62. The van der Waals surface area contributed by atoms with Gasteiger partial charge in [0.05, 0.1) is 12.5 Å². The van der Waals surface area contributed by atoms with Crippen LogP contribution in [0.2, 0.25) is 0 Å². The number of carboxylic acid groups (broad SMARTS) is 1. The number of likely N-dealkylation sites (tertiary alicyclic amines) is 1. The predicted octanol–water partition coefficient (Wildman–Crippen LogP) is 2.30. The quantitative estimate of drug-likeness (QED) is 0.785. The fourth-order valence-electron chi connectivity index (χ4n) is 2.86. The second-order valence-electron chi connectivity index (χ2n) is 5.70. The Bertz CT molecular complexity index is 503. The van der Waals surface area contributed by atoms with Crippen molar-refractivity contribution < 1.29 is 19.4 Å². The molecule has 0 saturated carbocycles. The molecule has 1 heterocycles. The van der Waals surface area contributed by atoms with E-state index in [1.165, 1.54) is 0 Å². The van der Waals surface area contributed by atoms with Crippen molar-refractivity contribution in [2.45, 2.75) is 38.8 Å². The topological polar surface area (TPSA) is 66.8 Å². The molecule has 2 atom stereocenters. The number of hydrogen-bond acceptors (Lipinski definition) is 3. The molecule has 1 aliphatic rings. The Balaban J connectivity index is 1.65. The lowest BCUT2D eigenvalue weighted by Gasteiger charge is -2.23. The molecule has 22 heavy (non-hydrogen) atoms. The van der Waals surface area contributed by atoms with Gasteiger partial charge in [-0.2, -0.15) is 0 Å². The van der Waals surface area contributed by atoms with Crippen molar-refractivity contribution in [2.24, 2.45) is 5.92 Å². The SMILES string of the molecule is CC1C(C(=O)O)CCN1C(=O)CCCOCc1ccccc1. The van der Waals surface area contributed by atoms with E-state index in [0.717, 1.165) is 5.56 Å². The molecule has 1 amide bonds. The maximum Gasteiger partial charge on any atom is 0.308 e. The standard InChI is InChI=1S/C17H23NO4/c1-13-15(17(20)21)9-10-18(13)16(19)8-5-11-22-12-14-6-3-2-4-7-14/h2-4,6-7,13,15H,5,8-12H2,1H3,(H,20,21). The van der Waals surface area contributed by atoms with Gasteiger partial charge in [-0.3, -0.25) is 9.59 Å². The Morgan fingerprint density at radius 2 is 2.05 bits per heavy atom. The predicted molar refractivity (Wildman–Crippen MR) is 82.2 cm³/mol. The molecule has 1 aromatic rings. The number of benzene rings is 1. The number of aliphatic carboxylic acids is 1. The summed E-state index contributed by atoms with van der Waals surface area (Å²) in [5.41, 5.74) is 1.12. The van der Waals surface area contributed by atoms with Crippen LogP contribution in [-0.4, -0.2) is 41.1 Å². The van der Waals surface area contributed by atoms with Gasteiger partial charge in [0.2, 0.25) is 5.91 Å². The van der Waals surface area contributed by atoms with Crippen LogP contribution in [0.25, 0.3) is 0 Å². The van der Waals surface area contributed by atoms with Crippen LogP contribution in [0.3, 0.4) is 0 Å². The largest absolute Gasteiger partial charge is 0.481 e. The van der Waals surface area contributed by atoms with Crippen molar-refractivity contribution in [1.82, 2.24) is 4.90 Å². The first-order valence-electron chi connectivity index (χ1n) is 7.73. The van der Waals surface area contributed by atoms with Crippen LogP contribution in [-0.2, 0) is 20.9 Å². The molecule has 2 unspecified atom stereocenters. The maximum absolute atomic E-state index is 12.1. The van der Waals surface area contributed by atoms with E-state index in [9.17, 15) is 9.59 Å². The van der Waals surface area contributed by atoms with Crippen LogP contribution >= 0.6 is 0 Å². The summed E-state index contributed by atoms with van der Waals surface area (Å²) in [6.45, 7) is 3.44. The van der Waals surface area contributed by atoms with Gasteiger partial charge >= 0.3 is 5.97 Å². The summed E-state index contributed by atoms with van der Waals surface area (Å²) in [5, 5.41) is 9.08. The molecule has 0 aromatic heterocycles. The summed E-state index contributed by atoms with van der Waals surface area (Å²) in [6, 6.07) is 9.69. The lowest BCUT2D eigenvalue weighted by molar-refractivity contribution is -0.143. The maximum atomic E-state index is 12.1. The van der Waals surface area contributed by atoms with E-state index in [0.29, 0.717) is 39.0 Å². The van der Waals surface area contributed by atoms with Crippen LogP contribution in [0.4, 0.5) is 0 Å². The first-order chi connectivity index (χ1) is 10.6. The number of carbonyl (C=O) groups is 2. The molecule has 0 aliphatic carbocycles. The van der Waals surface area contributed by atoms with Crippen LogP contribution < -0.4 is 0 Å². The van der Waals surface area contributed by atoms with Crippen molar-refractivity contribution >= 4 is 11.9 Å². The van der Waals surface area contributed by atoms with E-state index in [-0.39, 0.29) is 11.9 Å². The van der Waals surface area contributed by atoms with Gasteiger partial charge in [-0.05, 0) is 25.3 Å². The molecule has 1 aromatic carbocycles. The normalized spacial score (nSPS) is 21.0. The molecule has 5 heteroatoms. The molecule has 1 aliphatic heterocycles. The Hall–Kier alpha value is -1.88. The van der Waals surface area contributed by atoms with E-state index in [4.69, 9.17) is 9.84 Å². The summed E-state index contributed by atoms with van der Waals surface area (Å²) in [7, 11) is 0. The zero-order valence-electron chi connectivity index (χ0n) is 12.9. The highest BCUT2D eigenvalue weighted by molar-refractivity contribution is 5.79. The molecule has 0 spiro atoms. The molecular weight excluding hydrogens is 282 g/mol. The average Bonchev–Trinajstić information content (AvgIpc) is 2.89.